The van der Waals surface area contributed by atoms with Gasteiger partial charge >= 0.3 is 0 Å². The van der Waals surface area contributed by atoms with Gasteiger partial charge in [0.1, 0.15) is 17.6 Å². The molecule has 2 amide bonds. The van der Waals surface area contributed by atoms with Crippen LogP contribution in [0.2, 0.25) is 5.02 Å². The molecule has 1 unspecified atom stereocenters. The summed E-state index contributed by atoms with van der Waals surface area (Å²) in [4.78, 5) is 25.1. The fraction of sp³-hybridized carbons (Fsp3) is 0.190. The molecule has 148 valence electrons. The van der Waals surface area contributed by atoms with Crippen molar-refractivity contribution >= 4 is 34.9 Å². The van der Waals surface area contributed by atoms with Gasteiger partial charge in [-0.1, -0.05) is 29.8 Å². The molecule has 0 spiro atoms. The van der Waals surface area contributed by atoms with Gasteiger partial charge in [0, 0.05) is 10.6 Å². The van der Waals surface area contributed by atoms with Crippen LogP contribution in [0.15, 0.2) is 48.7 Å². The lowest BCUT2D eigenvalue weighted by atomic mass is 10.1. The lowest BCUT2D eigenvalue weighted by Gasteiger charge is -2.13. The molecule has 2 N–H and O–H groups in total. The highest BCUT2D eigenvalue weighted by atomic mass is 35.5. The predicted octanol–water partition coefficient (Wildman–Crippen LogP) is 4.04. The van der Waals surface area contributed by atoms with Gasteiger partial charge in [-0.3, -0.25) is 9.59 Å². The van der Waals surface area contributed by atoms with E-state index in [2.05, 4.69) is 15.7 Å². The highest BCUT2D eigenvalue weighted by molar-refractivity contribution is 6.30. The fourth-order valence-corrected chi connectivity index (χ4v) is 3.48. The van der Waals surface area contributed by atoms with Crippen LogP contribution in [0.1, 0.15) is 18.0 Å². The Labute approximate surface area is 172 Å². The van der Waals surface area contributed by atoms with E-state index in [0.717, 1.165) is 16.7 Å². The Bertz CT molecular complexity index is 1090. The zero-order valence-electron chi connectivity index (χ0n) is 15.9. The highest BCUT2D eigenvalue weighted by Crippen LogP contribution is 2.36. The molecule has 0 saturated heterocycles. The normalized spacial score (nSPS) is 15.0. The van der Waals surface area contributed by atoms with Crippen molar-refractivity contribution in [2.24, 2.45) is 0 Å². The summed E-state index contributed by atoms with van der Waals surface area (Å²) in [6, 6.07) is 12.1. The number of benzene rings is 2. The quantitative estimate of drug-likeness (QED) is 0.664. The van der Waals surface area contributed by atoms with Crippen LogP contribution in [0.3, 0.4) is 0 Å². The topological polar surface area (TPSA) is 85.2 Å². The van der Waals surface area contributed by atoms with Crippen molar-refractivity contribution in [1.82, 2.24) is 9.78 Å². The molecule has 4 rings (SSSR count). The van der Waals surface area contributed by atoms with Crippen LogP contribution in [0, 0.1) is 6.92 Å². The molecule has 7 nitrogen and oxygen atoms in total. The Balaban J connectivity index is 1.54. The van der Waals surface area contributed by atoms with Crippen molar-refractivity contribution in [3.8, 4) is 16.9 Å². The van der Waals surface area contributed by atoms with E-state index in [0.29, 0.717) is 22.3 Å². The number of nitrogens with one attached hydrogen (secondary N) is 2. The van der Waals surface area contributed by atoms with Crippen LogP contribution in [-0.4, -0.2) is 28.7 Å². The molecule has 2 aromatic carbocycles. The summed E-state index contributed by atoms with van der Waals surface area (Å²) in [6.45, 7) is 1.92. The molecule has 29 heavy (non-hydrogen) atoms. The molecule has 0 radical (unpaired) electrons. The van der Waals surface area contributed by atoms with Gasteiger partial charge in [0.15, 0.2) is 0 Å². The fourth-order valence-electron chi connectivity index (χ4n) is 3.35. The number of amides is 2. The Morgan fingerprint density at radius 2 is 2.03 bits per heavy atom. The average Bonchev–Trinajstić information content (AvgIpc) is 3.22. The van der Waals surface area contributed by atoms with Crippen LogP contribution in [0.4, 0.5) is 11.5 Å². The number of anilines is 2. The smallest absolute Gasteiger partial charge is 0.251 e. The number of rotatable bonds is 5. The second kappa shape index (κ2) is 7.60. The molecule has 8 heteroatoms. The third kappa shape index (κ3) is 3.69. The minimum Gasteiger partial charge on any atom is -0.495 e. The van der Waals surface area contributed by atoms with Crippen LogP contribution < -0.4 is 15.4 Å². The molecule has 0 fully saturated rings. The number of methoxy groups -OCH3 is 1. The first-order valence-corrected chi connectivity index (χ1v) is 9.43. The molecule has 1 aliphatic rings. The summed E-state index contributed by atoms with van der Waals surface area (Å²) < 4.78 is 6.84. The molecule has 1 aliphatic heterocycles. The van der Waals surface area contributed by atoms with Crippen molar-refractivity contribution in [2.45, 2.75) is 19.4 Å². The largest absolute Gasteiger partial charge is 0.495 e. The Morgan fingerprint density at radius 3 is 2.76 bits per heavy atom. The number of hydrogen-bond donors (Lipinski definition) is 2. The van der Waals surface area contributed by atoms with Gasteiger partial charge in [0.2, 0.25) is 5.91 Å². The van der Waals surface area contributed by atoms with E-state index in [-0.39, 0.29) is 18.2 Å². The number of halogens is 1. The first kappa shape index (κ1) is 19.0. The van der Waals surface area contributed by atoms with Crippen molar-refractivity contribution in [3.63, 3.8) is 0 Å². The maximum absolute atomic E-state index is 12.6. The second-order valence-electron chi connectivity index (χ2n) is 6.82. The van der Waals surface area contributed by atoms with E-state index < -0.39 is 6.04 Å². The second-order valence-corrected chi connectivity index (χ2v) is 7.26. The summed E-state index contributed by atoms with van der Waals surface area (Å²) in [5.74, 6) is 0.563. The number of ether oxygens (including phenoxy) is 1. The van der Waals surface area contributed by atoms with Crippen molar-refractivity contribution in [1.29, 1.82) is 0 Å². The average molecular weight is 411 g/mol. The van der Waals surface area contributed by atoms with Crippen LogP contribution in [0.25, 0.3) is 11.1 Å². The number of hydrogen-bond acceptors (Lipinski definition) is 4. The minimum absolute atomic E-state index is 0.0440. The van der Waals surface area contributed by atoms with Gasteiger partial charge in [-0.2, -0.15) is 5.10 Å². The molecule has 2 heterocycles. The first-order valence-electron chi connectivity index (χ1n) is 9.05. The maximum atomic E-state index is 12.6. The van der Waals surface area contributed by atoms with Crippen molar-refractivity contribution in [3.05, 3.63) is 59.2 Å². The number of nitrogens with zero attached hydrogens (tertiary/aromatic N) is 2. The lowest BCUT2D eigenvalue weighted by Crippen LogP contribution is -2.23. The molecule has 0 saturated carbocycles. The number of carbonyl (C=O) groups excluding carboxylic acids is 2. The summed E-state index contributed by atoms with van der Waals surface area (Å²) in [5, 5.41) is 10.6. The number of carbonyl (C=O) groups is 2. The lowest BCUT2D eigenvalue weighted by molar-refractivity contribution is -0.123. The molecule has 3 aromatic rings. The van der Waals surface area contributed by atoms with E-state index in [1.807, 2.05) is 31.2 Å². The zero-order valence-corrected chi connectivity index (χ0v) is 16.7. The van der Waals surface area contributed by atoms with E-state index in [4.69, 9.17) is 16.3 Å². The number of fused-ring (bicyclic) bond motifs is 1. The molecule has 0 bridgehead atoms. The van der Waals surface area contributed by atoms with Crippen molar-refractivity contribution < 1.29 is 14.3 Å². The van der Waals surface area contributed by atoms with E-state index in [9.17, 15) is 9.59 Å². The Kier molecular flexibility index (Phi) is 4.98. The van der Waals surface area contributed by atoms with Gasteiger partial charge in [0.25, 0.3) is 5.91 Å². The van der Waals surface area contributed by atoms with Gasteiger partial charge in [-0.25, -0.2) is 4.68 Å². The highest BCUT2D eigenvalue weighted by Gasteiger charge is 2.35. The monoisotopic (exact) mass is 410 g/mol. The van der Waals surface area contributed by atoms with Gasteiger partial charge < -0.3 is 15.4 Å². The summed E-state index contributed by atoms with van der Waals surface area (Å²) >= 11 is 5.95. The Hall–Kier alpha value is -3.32. The molecule has 1 aromatic heterocycles. The molecule has 1 atom stereocenters. The van der Waals surface area contributed by atoms with Crippen molar-refractivity contribution in [2.75, 3.05) is 17.7 Å². The molecular weight excluding hydrogens is 392 g/mol. The standard InChI is InChI=1S/C21H19ClN4O3/c1-12-3-8-18(29-2)16(9-12)24-19(27)10-17-21(28)25-20-15(11-23-26(17)20)13-4-6-14(22)7-5-13/h3-9,11,17H,10H2,1-2H3,(H,24,27)(H,25,28). The Morgan fingerprint density at radius 1 is 1.28 bits per heavy atom. The zero-order chi connectivity index (χ0) is 20.5. The number of aryl methyl sites for hydroxylation is 1. The summed E-state index contributed by atoms with van der Waals surface area (Å²) in [7, 11) is 1.54. The maximum Gasteiger partial charge on any atom is 0.251 e. The van der Waals surface area contributed by atoms with E-state index in [1.54, 1.807) is 36.2 Å². The number of aromatic nitrogens is 2. The van der Waals surface area contributed by atoms with Gasteiger partial charge in [-0.05, 0) is 42.3 Å². The summed E-state index contributed by atoms with van der Waals surface area (Å²) in [6.07, 6.45) is 1.63. The van der Waals surface area contributed by atoms with Gasteiger partial charge in [0.05, 0.1) is 25.4 Å². The first-order chi connectivity index (χ1) is 14.0. The molecular formula is C21H19ClN4O3. The van der Waals surface area contributed by atoms with Crippen LogP contribution in [0.5, 0.6) is 5.75 Å². The minimum atomic E-state index is -0.721. The van der Waals surface area contributed by atoms with Crippen LogP contribution in [-0.2, 0) is 9.59 Å². The summed E-state index contributed by atoms with van der Waals surface area (Å²) in [5.41, 5.74) is 3.21. The van der Waals surface area contributed by atoms with E-state index in [1.165, 1.54) is 0 Å². The predicted molar refractivity (Wildman–Crippen MR) is 111 cm³/mol. The third-order valence-corrected chi connectivity index (χ3v) is 5.05. The SMILES string of the molecule is COc1ccc(C)cc1NC(=O)CC1C(=O)Nc2c(-c3ccc(Cl)cc3)cnn21. The molecule has 0 aliphatic carbocycles. The van der Waals surface area contributed by atoms with Crippen LogP contribution >= 0.6 is 11.6 Å². The van der Waals surface area contributed by atoms with E-state index >= 15 is 0 Å². The van der Waals surface area contributed by atoms with Gasteiger partial charge in [-0.15, -0.1) is 0 Å². The third-order valence-electron chi connectivity index (χ3n) is 4.80.